The molecule has 0 saturated carbocycles. The predicted molar refractivity (Wildman–Crippen MR) is 92.9 cm³/mol. The van der Waals surface area contributed by atoms with Crippen molar-refractivity contribution in [1.82, 2.24) is 0 Å². The van der Waals surface area contributed by atoms with Crippen molar-refractivity contribution in [2.24, 2.45) is 0 Å². The fraction of sp³-hybridized carbons (Fsp3) is 0.176. The van der Waals surface area contributed by atoms with Crippen LogP contribution in [0.5, 0.6) is 11.5 Å². The molecule has 1 heterocycles. The molecule has 0 aromatic heterocycles. The molecule has 24 heavy (non-hydrogen) atoms. The number of hydrogen-bond acceptors (Lipinski definition) is 5. The maximum Gasteiger partial charge on any atom is 0.298 e. The molecule has 5 nitrogen and oxygen atoms in total. The Morgan fingerprint density at radius 3 is 2.75 bits per heavy atom. The van der Waals surface area contributed by atoms with Crippen molar-refractivity contribution < 1.29 is 19.1 Å². The van der Waals surface area contributed by atoms with Crippen molar-refractivity contribution in [2.45, 2.75) is 17.2 Å². The lowest BCUT2D eigenvalue weighted by Gasteiger charge is -2.25. The molecular weight excluding hydrogens is 350 g/mol. The SMILES string of the molecule is COc1ccc(OC=O)c(C2Sc3cc(Cl)ccc3N2C(C)=O)c1. The molecule has 1 aliphatic rings. The van der Waals surface area contributed by atoms with Crippen molar-refractivity contribution in [3.8, 4) is 11.5 Å². The van der Waals surface area contributed by atoms with Crippen LogP contribution in [0.25, 0.3) is 0 Å². The van der Waals surface area contributed by atoms with E-state index in [-0.39, 0.29) is 11.3 Å². The summed E-state index contributed by atoms with van der Waals surface area (Å²) < 4.78 is 10.3. The number of benzene rings is 2. The summed E-state index contributed by atoms with van der Waals surface area (Å²) >= 11 is 7.53. The van der Waals surface area contributed by atoms with E-state index in [2.05, 4.69) is 0 Å². The third-order valence-electron chi connectivity index (χ3n) is 3.65. The van der Waals surface area contributed by atoms with Gasteiger partial charge in [0.1, 0.15) is 16.9 Å². The number of thioether (sulfide) groups is 1. The Bertz CT molecular complexity index is 811. The summed E-state index contributed by atoms with van der Waals surface area (Å²) in [5.74, 6) is 0.878. The molecular formula is C17H14ClNO4S. The highest BCUT2D eigenvalue weighted by Gasteiger charge is 2.36. The second-order valence-electron chi connectivity index (χ2n) is 5.09. The van der Waals surface area contributed by atoms with Gasteiger partial charge in [0.15, 0.2) is 0 Å². The van der Waals surface area contributed by atoms with Gasteiger partial charge in [-0.05, 0) is 36.4 Å². The molecule has 2 aromatic rings. The highest BCUT2D eigenvalue weighted by atomic mass is 35.5. The fourth-order valence-electron chi connectivity index (χ4n) is 2.62. The van der Waals surface area contributed by atoms with Crippen LogP contribution >= 0.6 is 23.4 Å². The Morgan fingerprint density at radius 1 is 1.29 bits per heavy atom. The van der Waals surface area contributed by atoms with Gasteiger partial charge in [-0.3, -0.25) is 14.5 Å². The lowest BCUT2D eigenvalue weighted by molar-refractivity contribution is -0.120. The van der Waals surface area contributed by atoms with Crippen molar-refractivity contribution >= 4 is 41.4 Å². The summed E-state index contributed by atoms with van der Waals surface area (Å²) in [6.45, 7) is 1.87. The number of carbonyl (C=O) groups excluding carboxylic acids is 2. The number of rotatable bonds is 4. The van der Waals surface area contributed by atoms with E-state index >= 15 is 0 Å². The van der Waals surface area contributed by atoms with Crippen LogP contribution in [0.15, 0.2) is 41.3 Å². The first-order chi connectivity index (χ1) is 11.5. The van der Waals surface area contributed by atoms with Gasteiger partial charge in [0.25, 0.3) is 6.47 Å². The van der Waals surface area contributed by atoms with E-state index in [4.69, 9.17) is 21.1 Å². The second kappa shape index (κ2) is 6.75. The summed E-state index contributed by atoms with van der Waals surface area (Å²) in [7, 11) is 1.55. The van der Waals surface area contributed by atoms with Crippen molar-refractivity contribution in [1.29, 1.82) is 0 Å². The van der Waals surface area contributed by atoms with Crippen LogP contribution in [0.4, 0.5) is 5.69 Å². The van der Waals surface area contributed by atoms with Gasteiger partial charge in [0, 0.05) is 22.4 Å². The minimum Gasteiger partial charge on any atom is -0.497 e. The number of hydrogen-bond donors (Lipinski definition) is 0. The number of fused-ring (bicyclic) bond motifs is 1. The molecule has 0 aliphatic carbocycles. The highest BCUT2D eigenvalue weighted by Crippen LogP contribution is 2.54. The summed E-state index contributed by atoms with van der Waals surface area (Å²) in [6.07, 6.45) is 0. The Morgan fingerprint density at radius 2 is 2.08 bits per heavy atom. The third-order valence-corrected chi connectivity index (χ3v) is 5.16. The first-order valence-corrected chi connectivity index (χ1v) is 8.35. The molecule has 0 spiro atoms. The summed E-state index contributed by atoms with van der Waals surface area (Å²) in [4.78, 5) is 25.6. The largest absolute Gasteiger partial charge is 0.497 e. The second-order valence-corrected chi connectivity index (χ2v) is 6.65. The number of halogens is 1. The average molecular weight is 364 g/mol. The van der Waals surface area contributed by atoms with Gasteiger partial charge in [0.2, 0.25) is 5.91 Å². The van der Waals surface area contributed by atoms with Gasteiger partial charge in [-0.2, -0.15) is 0 Å². The standard InChI is InChI=1S/C17H14ClNO4S/c1-10(21)19-14-5-3-11(18)7-16(14)24-17(19)13-8-12(22-2)4-6-15(13)23-9-20/h3-9,17H,1-2H3. The van der Waals surface area contributed by atoms with E-state index in [1.165, 1.54) is 18.7 Å². The normalized spacial score (nSPS) is 15.8. The maximum atomic E-state index is 12.2. The summed E-state index contributed by atoms with van der Waals surface area (Å²) in [6, 6.07) is 10.5. The van der Waals surface area contributed by atoms with Crippen molar-refractivity contribution in [2.75, 3.05) is 12.0 Å². The van der Waals surface area contributed by atoms with Gasteiger partial charge in [0.05, 0.1) is 12.8 Å². The molecule has 1 unspecified atom stereocenters. The van der Waals surface area contributed by atoms with Gasteiger partial charge in [-0.15, -0.1) is 0 Å². The van der Waals surface area contributed by atoms with E-state index in [1.807, 2.05) is 12.1 Å². The maximum absolute atomic E-state index is 12.2. The van der Waals surface area contributed by atoms with Crippen molar-refractivity contribution in [3.63, 3.8) is 0 Å². The van der Waals surface area contributed by atoms with Gasteiger partial charge in [-0.25, -0.2) is 0 Å². The van der Waals surface area contributed by atoms with Crippen molar-refractivity contribution in [3.05, 3.63) is 47.0 Å². The van der Waals surface area contributed by atoms with Crippen LogP contribution < -0.4 is 14.4 Å². The van der Waals surface area contributed by atoms with Crippen LogP contribution in [-0.2, 0) is 9.59 Å². The summed E-state index contributed by atoms with van der Waals surface area (Å²) in [5, 5.41) is 0.224. The van der Waals surface area contributed by atoms with E-state index in [1.54, 1.807) is 36.3 Å². The van der Waals surface area contributed by atoms with Crippen LogP contribution in [0, 0.1) is 0 Å². The molecule has 124 valence electrons. The highest BCUT2D eigenvalue weighted by molar-refractivity contribution is 8.00. The van der Waals surface area contributed by atoms with E-state index in [0.29, 0.717) is 28.6 Å². The molecule has 2 aromatic carbocycles. The van der Waals surface area contributed by atoms with Gasteiger partial charge < -0.3 is 9.47 Å². The molecule has 0 bridgehead atoms. The number of nitrogens with zero attached hydrogens (tertiary/aromatic N) is 1. The third kappa shape index (κ3) is 2.95. The number of anilines is 1. The molecule has 3 rings (SSSR count). The molecule has 0 radical (unpaired) electrons. The topological polar surface area (TPSA) is 55.8 Å². The number of methoxy groups -OCH3 is 1. The molecule has 1 amide bonds. The van der Waals surface area contributed by atoms with Crippen LogP contribution in [-0.4, -0.2) is 19.5 Å². The lowest BCUT2D eigenvalue weighted by atomic mass is 10.1. The minimum absolute atomic E-state index is 0.117. The predicted octanol–water partition coefficient (Wildman–Crippen LogP) is 4.04. The Hall–Kier alpha value is -2.18. The number of ether oxygens (including phenoxy) is 2. The van der Waals surface area contributed by atoms with E-state index in [0.717, 1.165) is 10.6 Å². The zero-order valence-corrected chi connectivity index (χ0v) is 14.6. The zero-order chi connectivity index (χ0) is 17.3. The Balaban J connectivity index is 2.12. The van der Waals surface area contributed by atoms with Crippen LogP contribution in [0.2, 0.25) is 5.02 Å². The van der Waals surface area contributed by atoms with Gasteiger partial charge in [-0.1, -0.05) is 23.4 Å². The molecule has 0 fully saturated rings. The van der Waals surface area contributed by atoms with Gasteiger partial charge >= 0.3 is 0 Å². The first-order valence-electron chi connectivity index (χ1n) is 7.09. The molecule has 7 heteroatoms. The first kappa shape index (κ1) is 16.7. The molecule has 1 aliphatic heterocycles. The quantitative estimate of drug-likeness (QED) is 0.767. The number of amides is 1. The minimum atomic E-state index is -0.374. The molecule has 0 N–H and O–H groups in total. The zero-order valence-electron chi connectivity index (χ0n) is 13.0. The fourth-order valence-corrected chi connectivity index (χ4v) is 4.26. The average Bonchev–Trinajstić information content (AvgIpc) is 2.93. The molecule has 1 atom stereocenters. The Kier molecular flexibility index (Phi) is 4.69. The lowest BCUT2D eigenvalue weighted by Crippen LogP contribution is -2.28. The Labute approximate surface area is 148 Å². The molecule has 0 saturated heterocycles. The summed E-state index contributed by atoms with van der Waals surface area (Å²) in [5.41, 5.74) is 1.45. The van der Waals surface area contributed by atoms with E-state index in [9.17, 15) is 9.59 Å². The number of carbonyl (C=O) groups is 2. The van der Waals surface area contributed by atoms with E-state index < -0.39 is 0 Å². The van der Waals surface area contributed by atoms with Crippen LogP contribution in [0.3, 0.4) is 0 Å². The smallest absolute Gasteiger partial charge is 0.298 e. The monoisotopic (exact) mass is 363 g/mol. The van der Waals surface area contributed by atoms with Crippen LogP contribution in [0.1, 0.15) is 17.9 Å².